The smallest absolute Gasteiger partial charge is 0.306 e. The first kappa shape index (κ1) is 20.5. The minimum atomic E-state index is -0.902. The van der Waals surface area contributed by atoms with Crippen molar-refractivity contribution in [1.82, 2.24) is 0 Å². The Morgan fingerprint density at radius 3 is 2.15 bits per heavy atom. The fraction of sp³-hybridized carbons (Fsp3) is 0.333. The lowest BCUT2D eigenvalue weighted by Gasteiger charge is -2.35. The quantitative estimate of drug-likeness (QED) is 0.480. The second-order valence-corrected chi connectivity index (χ2v) is 7.70. The van der Waals surface area contributed by atoms with Crippen LogP contribution in [0.25, 0.3) is 0 Å². The van der Waals surface area contributed by atoms with Gasteiger partial charge in [0, 0.05) is 5.92 Å². The minimum Gasteiger partial charge on any atom is -0.460 e. The molecule has 27 heavy (non-hydrogen) atoms. The lowest BCUT2D eigenvalue weighted by atomic mass is 9.65. The fourth-order valence-corrected chi connectivity index (χ4v) is 3.42. The average molecular weight is 361 g/mol. The normalized spacial score (nSPS) is 14.4. The summed E-state index contributed by atoms with van der Waals surface area (Å²) < 4.78 is 5.57. The van der Waals surface area contributed by atoms with Crippen molar-refractivity contribution in [3.8, 4) is 6.07 Å². The van der Waals surface area contributed by atoms with E-state index in [2.05, 4.69) is 12.6 Å². The van der Waals surface area contributed by atoms with E-state index in [0.29, 0.717) is 6.42 Å². The molecule has 0 heterocycles. The summed E-state index contributed by atoms with van der Waals surface area (Å²) >= 11 is 0. The van der Waals surface area contributed by atoms with Gasteiger partial charge in [-0.25, -0.2) is 0 Å². The maximum Gasteiger partial charge on any atom is 0.306 e. The minimum absolute atomic E-state index is 0.123. The summed E-state index contributed by atoms with van der Waals surface area (Å²) in [5.74, 6) is -0.657. The van der Waals surface area contributed by atoms with E-state index in [9.17, 15) is 10.1 Å². The number of esters is 1. The highest BCUT2D eigenvalue weighted by molar-refractivity contribution is 5.72. The molecule has 2 rings (SSSR count). The highest BCUT2D eigenvalue weighted by atomic mass is 16.6. The number of hydrogen-bond donors (Lipinski definition) is 0. The molecule has 0 unspecified atom stereocenters. The fourth-order valence-electron chi connectivity index (χ4n) is 3.42. The number of ether oxygens (including phenoxy) is 1. The Labute approximate surface area is 162 Å². The molecule has 0 saturated heterocycles. The van der Waals surface area contributed by atoms with E-state index in [-0.39, 0.29) is 18.3 Å². The second kappa shape index (κ2) is 8.68. The maximum atomic E-state index is 12.7. The molecule has 2 aromatic rings. The highest BCUT2D eigenvalue weighted by Crippen LogP contribution is 2.44. The van der Waals surface area contributed by atoms with E-state index in [1.807, 2.05) is 81.4 Å². The van der Waals surface area contributed by atoms with Gasteiger partial charge in [-0.05, 0) is 38.3 Å². The number of nitrogens with zero attached hydrogens (tertiary/aromatic N) is 1. The Morgan fingerprint density at radius 1 is 1.11 bits per heavy atom. The Balaban J connectivity index is 2.56. The zero-order valence-corrected chi connectivity index (χ0v) is 16.3. The number of allylic oxidation sites excluding steroid dienone is 1. The van der Waals surface area contributed by atoms with Crippen molar-refractivity contribution in [1.29, 1.82) is 5.26 Å². The van der Waals surface area contributed by atoms with Crippen LogP contribution < -0.4 is 0 Å². The van der Waals surface area contributed by atoms with Gasteiger partial charge in [-0.15, -0.1) is 6.58 Å². The van der Waals surface area contributed by atoms with Gasteiger partial charge in [0.05, 0.1) is 17.9 Å². The van der Waals surface area contributed by atoms with Gasteiger partial charge >= 0.3 is 5.97 Å². The largest absolute Gasteiger partial charge is 0.460 e. The third kappa shape index (κ3) is 5.08. The molecule has 0 bridgehead atoms. The van der Waals surface area contributed by atoms with Crippen LogP contribution in [-0.4, -0.2) is 11.6 Å². The number of rotatable bonds is 7. The Morgan fingerprint density at radius 2 is 1.67 bits per heavy atom. The SMILES string of the molecule is C=CC[C@@](C#N)(c1ccccc1)[C@@H](CC(=O)OC(C)(C)C)c1ccccc1. The van der Waals surface area contributed by atoms with Crippen LogP contribution in [0.2, 0.25) is 0 Å². The summed E-state index contributed by atoms with van der Waals surface area (Å²) in [6, 6.07) is 21.9. The molecule has 2 aromatic carbocycles. The van der Waals surface area contributed by atoms with Crippen molar-refractivity contribution in [2.75, 3.05) is 0 Å². The third-order valence-corrected chi connectivity index (χ3v) is 4.54. The summed E-state index contributed by atoms with van der Waals surface area (Å²) in [4.78, 5) is 12.7. The molecule has 3 nitrogen and oxygen atoms in total. The van der Waals surface area contributed by atoms with Crippen molar-refractivity contribution >= 4 is 5.97 Å². The molecule has 0 saturated carbocycles. The monoisotopic (exact) mass is 361 g/mol. The number of nitriles is 1. The summed E-state index contributed by atoms with van der Waals surface area (Å²) in [5, 5.41) is 10.3. The van der Waals surface area contributed by atoms with Gasteiger partial charge in [-0.3, -0.25) is 4.79 Å². The molecule has 0 fully saturated rings. The second-order valence-electron chi connectivity index (χ2n) is 7.70. The van der Waals surface area contributed by atoms with Crippen LogP contribution in [0.1, 0.15) is 50.7 Å². The van der Waals surface area contributed by atoms with E-state index in [1.54, 1.807) is 6.08 Å². The lowest BCUT2D eigenvalue weighted by molar-refractivity contribution is -0.155. The zero-order chi connectivity index (χ0) is 19.9. The molecule has 0 aliphatic carbocycles. The van der Waals surface area contributed by atoms with Crippen molar-refractivity contribution in [3.63, 3.8) is 0 Å². The third-order valence-electron chi connectivity index (χ3n) is 4.54. The van der Waals surface area contributed by atoms with Crippen LogP contribution in [0.3, 0.4) is 0 Å². The molecule has 140 valence electrons. The van der Waals surface area contributed by atoms with Gasteiger partial charge in [-0.1, -0.05) is 66.7 Å². The average Bonchev–Trinajstić information content (AvgIpc) is 2.64. The van der Waals surface area contributed by atoms with E-state index in [0.717, 1.165) is 11.1 Å². The van der Waals surface area contributed by atoms with Crippen molar-refractivity contribution in [2.24, 2.45) is 0 Å². The van der Waals surface area contributed by atoms with Gasteiger partial charge in [0.1, 0.15) is 5.60 Å². The summed E-state index contributed by atoms with van der Waals surface area (Å²) in [7, 11) is 0. The Bertz CT molecular complexity index is 800. The molecular formula is C24H27NO2. The molecule has 0 N–H and O–H groups in total. The van der Waals surface area contributed by atoms with Crippen LogP contribution in [0.5, 0.6) is 0 Å². The Kier molecular flexibility index (Phi) is 6.58. The van der Waals surface area contributed by atoms with Crippen molar-refractivity contribution in [3.05, 3.63) is 84.4 Å². The van der Waals surface area contributed by atoms with Crippen LogP contribution in [-0.2, 0) is 14.9 Å². The number of benzene rings is 2. The van der Waals surface area contributed by atoms with E-state index in [1.165, 1.54) is 0 Å². The van der Waals surface area contributed by atoms with E-state index < -0.39 is 11.0 Å². The molecular weight excluding hydrogens is 334 g/mol. The first-order valence-electron chi connectivity index (χ1n) is 9.17. The van der Waals surface area contributed by atoms with E-state index >= 15 is 0 Å². The molecule has 0 aliphatic heterocycles. The molecule has 0 amide bonds. The highest BCUT2D eigenvalue weighted by Gasteiger charge is 2.42. The summed E-state index contributed by atoms with van der Waals surface area (Å²) in [6.45, 7) is 9.41. The molecule has 3 heteroatoms. The summed E-state index contributed by atoms with van der Waals surface area (Å²) in [5.41, 5.74) is 0.348. The number of carbonyl (C=O) groups is 1. The first-order chi connectivity index (χ1) is 12.8. The predicted molar refractivity (Wildman–Crippen MR) is 108 cm³/mol. The van der Waals surface area contributed by atoms with Gasteiger partial charge in [0.2, 0.25) is 0 Å². The zero-order valence-electron chi connectivity index (χ0n) is 16.3. The Hall–Kier alpha value is -2.86. The van der Waals surface area contributed by atoms with Gasteiger partial charge in [0.25, 0.3) is 0 Å². The summed E-state index contributed by atoms with van der Waals surface area (Å²) in [6.07, 6.45) is 2.31. The van der Waals surface area contributed by atoms with E-state index in [4.69, 9.17) is 4.74 Å². The van der Waals surface area contributed by atoms with Crippen LogP contribution >= 0.6 is 0 Å². The predicted octanol–water partition coefficient (Wildman–Crippen LogP) is 5.54. The van der Waals surface area contributed by atoms with Gasteiger partial charge in [-0.2, -0.15) is 5.26 Å². The molecule has 0 aromatic heterocycles. The lowest BCUT2D eigenvalue weighted by Crippen LogP contribution is -2.35. The van der Waals surface area contributed by atoms with Crippen LogP contribution in [0.15, 0.2) is 73.3 Å². The van der Waals surface area contributed by atoms with Gasteiger partial charge in [0.15, 0.2) is 0 Å². The molecule has 0 aliphatic rings. The molecule has 2 atom stereocenters. The van der Waals surface area contributed by atoms with Crippen LogP contribution in [0, 0.1) is 11.3 Å². The van der Waals surface area contributed by atoms with Crippen molar-refractivity contribution < 1.29 is 9.53 Å². The number of hydrogen-bond acceptors (Lipinski definition) is 3. The molecule has 0 radical (unpaired) electrons. The molecule has 0 spiro atoms. The van der Waals surface area contributed by atoms with Crippen molar-refractivity contribution in [2.45, 2.75) is 50.5 Å². The maximum absolute atomic E-state index is 12.7. The number of carbonyl (C=O) groups excluding carboxylic acids is 1. The topological polar surface area (TPSA) is 50.1 Å². The van der Waals surface area contributed by atoms with Crippen LogP contribution in [0.4, 0.5) is 0 Å². The van der Waals surface area contributed by atoms with Gasteiger partial charge < -0.3 is 4.74 Å². The first-order valence-corrected chi connectivity index (χ1v) is 9.17. The standard InChI is InChI=1S/C24H27NO2/c1-5-16-24(18-25,20-14-10-7-11-15-20)21(19-12-8-6-9-13-19)17-22(26)27-23(2,3)4/h5-15,21H,1,16-17H2,2-4H3/t21-,24+/m0/s1.